The van der Waals surface area contributed by atoms with Crippen molar-refractivity contribution in [1.29, 1.82) is 0 Å². The van der Waals surface area contributed by atoms with Crippen LogP contribution in [0.25, 0.3) is 0 Å². The van der Waals surface area contributed by atoms with Crippen LogP contribution in [0.5, 0.6) is 5.75 Å². The van der Waals surface area contributed by atoms with Gasteiger partial charge in [0.1, 0.15) is 28.9 Å². The van der Waals surface area contributed by atoms with Crippen molar-refractivity contribution in [3.05, 3.63) is 67.9 Å². The van der Waals surface area contributed by atoms with Crippen molar-refractivity contribution >= 4 is 45.4 Å². The molecule has 1 atom stereocenters. The topological polar surface area (TPSA) is 66.7 Å². The van der Waals surface area contributed by atoms with Gasteiger partial charge in [0.05, 0.1) is 15.6 Å². The molecule has 0 unspecified atom stereocenters. The first-order chi connectivity index (χ1) is 14.5. The quantitative estimate of drug-likeness (QED) is 0.565. The number of ether oxygens (including phenoxy) is 1. The second-order valence-corrected chi connectivity index (χ2v) is 9.33. The molecule has 5 rings (SSSR count). The molecule has 6 nitrogen and oxygen atoms in total. The second kappa shape index (κ2) is 7.81. The number of hydrogen-bond acceptors (Lipinski definition) is 6. The fourth-order valence-electron chi connectivity index (χ4n) is 3.73. The number of rotatable bonds is 4. The van der Waals surface area contributed by atoms with Crippen LogP contribution in [-0.2, 0) is 19.6 Å². The van der Waals surface area contributed by atoms with E-state index in [0.29, 0.717) is 27.3 Å². The Morgan fingerprint density at radius 2 is 2.10 bits per heavy atom. The van der Waals surface area contributed by atoms with Gasteiger partial charge in [0.2, 0.25) is 0 Å². The molecule has 0 aliphatic carbocycles. The van der Waals surface area contributed by atoms with Crippen LogP contribution in [0.2, 0.25) is 10.0 Å². The number of nitrogens with one attached hydrogen (secondary N) is 2. The maximum Gasteiger partial charge on any atom is 0.256 e. The van der Waals surface area contributed by atoms with Gasteiger partial charge in [-0.1, -0.05) is 23.2 Å². The monoisotopic (exact) mass is 463 g/mol. The van der Waals surface area contributed by atoms with Crippen molar-refractivity contribution in [1.82, 2.24) is 10.2 Å². The molecule has 2 aromatic heterocycles. The van der Waals surface area contributed by atoms with Gasteiger partial charge in [-0.25, -0.2) is 0 Å². The molecular weight excluding hydrogens is 445 g/mol. The van der Waals surface area contributed by atoms with E-state index in [0.717, 1.165) is 30.1 Å². The van der Waals surface area contributed by atoms with Crippen molar-refractivity contribution in [2.24, 2.45) is 0 Å². The Morgan fingerprint density at radius 3 is 2.93 bits per heavy atom. The minimum Gasteiger partial charge on any atom is -0.486 e. The van der Waals surface area contributed by atoms with Crippen molar-refractivity contribution in [3.63, 3.8) is 0 Å². The summed E-state index contributed by atoms with van der Waals surface area (Å²) >= 11 is 13.6. The standard InChI is InChI=1S/C21H19Cl2N3O3S/c1-26-7-6-13-17(9-26)30-21-18(13)20(27)24-19(25-21)16-5-3-12(29-16)10-28-11-2-4-14(22)15(23)8-11/h2-5,8,19,25H,6-7,9-10H2,1H3,(H,24,27)/t19-/m0/s1. The van der Waals surface area contributed by atoms with Gasteiger partial charge < -0.3 is 24.7 Å². The minimum atomic E-state index is -0.415. The molecule has 2 N–H and O–H groups in total. The molecule has 2 aliphatic heterocycles. The maximum absolute atomic E-state index is 12.8. The van der Waals surface area contributed by atoms with E-state index in [2.05, 4.69) is 22.6 Å². The molecule has 0 bridgehead atoms. The van der Waals surface area contributed by atoms with Crippen LogP contribution in [0.3, 0.4) is 0 Å². The van der Waals surface area contributed by atoms with E-state index in [1.165, 1.54) is 10.4 Å². The van der Waals surface area contributed by atoms with Gasteiger partial charge in [0, 0.05) is 24.0 Å². The predicted octanol–water partition coefficient (Wildman–Crippen LogP) is 5.07. The maximum atomic E-state index is 12.8. The van der Waals surface area contributed by atoms with Crippen LogP contribution in [-0.4, -0.2) is 24.4 Å². The summed E-state index contributed by atoms with van der Waals surface area (Å²) in [5.41, 5.74) is 1.96. The number of hydrogen-bond donors (Lipinski definition) is 2. The lowest BCUT2D eigenvalue weighted by molar-refractivity contribution is 0.0929. The van der Waals surface area contributed by atoms with E-state index in [4.69, 9.17) is 32.4 Å². The van der Waals surface area contributed by atoms with Crippen LogP contribution in [0.4, 0.5) is 5.00 Å². The molecule has 9 heteroatoms. The fourth-order valence-corrected chi connectivity index (χ4v) is 5.38. The number of fused-ring (bicyclic) bond motifs is 3. The summed E-state index contributed by atoms with van der Waals surface area (Å²) in [6.07, 6.45) is 0.482. The molecular formula is C21H19Cl2N3O3S. The van der Waals surface area contributed by atoms with Crippen molar-refractivity contribution in [2.75, 3.05) is 18.9 Å². The highest BCUT2D eigenvalue weighted by Gasteiger charge is 2.33. The first-order valence-electron chi connectivity index (χ1n) is 9.55. The zero-order valence-electron chi connectivity index (χ0n) is 16.1. The molecule has 2 aliphatic rings. The molecule has 0 saturated carbocycles. The minimum absolute atomic E-state index is 0.0548. The number of likely N-dealkylation sites (N-methyl/N-ethyl adjacent to an activating group) is 1. The smallest absolute Gasteiger partial charge is 0.256 e. The fraction of sp³-hybridized carbons (Fsp3) is 0.286. The molecule has 0 saturated heterocycles. The molecule has 1 amide bonds. The Hall–Kier alpha value is -2.19. The molecule has 4 heterocycles. The lowest BCUT2D eigenvalue weighted by Gasteiger charge is -2.26. The van der Waals surface area contributed by atoms with Gasteiger partial charge in [-0.15, -0.1) is 11.3 Å². The van der Waals surface area contributed by atoms with E-state index < -0.39 is 6.17 Å². The Morgan fingerprint density at radius 1 is 1.23 bits per heavy atom. The zero-order valence-corrected chi connectivity index (χ0v) is 18.5. The van der Waals surface area contributed by atoms with Crippen molar-refractivity contribution in [2.45, 2.75) is 25.7 Å². The SMILES string of the molecule is CN1CCc2c(sc3c2C(=O)N[C@H](c2ccc(COc4ccc(Cl)c(Cl)c4)o2)N3)C1. The summed E-state index contributed by atoms with van der Waals surface area (Å²) in [5, 5.41) is 8.25. The molecule has 1 aromatic carbocycles. The summed E-state index contributed by atoms with van der Waals surface area (Å²) in [4.78, 5) is 16.3. The van der Waals surface area contributed by atoms with E-state index in [-0.39, 0.29) is 12.5 Å². The molecule has 0 fully saturated rings. The number of carbonyl (C=O) groups is 1. The first kappa shape index (κ1) is 19.8. The van der Waals surface area contributed by atoms with Gasteiger partial charge in [-0.2, -0.15) is 0 Å². The average Bonchev–Trinajstić information content (AvgIpc) is 3.33. The summed E-state index contributed by atoms with van der Waals surface area (Å²) in [7, 11) is 2.10. The van der Waals surface area contributed by atoms with Crippen molar-refractivity contribution < 1.29 is 13.9 Å². The van der Waals surface area contributed by atoms with Gasteiger partial charge in [0.25, 0.3) is 5.91 Å². The average molecular weight is 464 g/mol. The number of carbonyl (C=O) groups excluding carboxylic acids is 1. The van der Waals surface area contributed by atoms with Crippen LogP contribution >= 0.6 is 34.5 Å². The van der Waals surface area contributed by atoms with Gasteiger partial charge in [0.15, 0.2) is 6.17 Å². The number of nitrogens with zero attached hydrogens (tertiary/aromatic N) is 1. The normalized spacial score (nSPS) is 18.4. The lowest BCUT2D eigenvalue weighted by Crippen LogP contribution is -2.38. The number of halogens is 2. The van der Waals surface area contributed by atoms with Crippen LogP contribution < -0.4 is 15.4 Å². The number of thiophene rings is 1. The molecule has 0 radical (unpaired) electrons. The highest BCUT2D eigenvalue weighted by molar-refractivity contribution is 7.16. The molecule has 3 aromatic rings. The van der Waals surface area contributed by atoms with Crippen molar-refractivity contribution in [3.8, 4) is 5.75 Å². The van der Waals surface area contributed by atoms with Gasteiger partial charge >= 0.3 is 0 Å². The summed E-state index contributed by atoms with van der Waals surface area (Å²) in [5.74, 6) is 1.82. The third kappa shape index (κ3) is 3.67. The molecule has 0 spiro atoms. The number of furan rings is 1. The highest BCUT2D eigenvalue weighted by atomic mass is 35.5. The van der Waals surface area contributed by atoms with E-state index >= 15 is 0 Å². The summed E-state index contributed by atoms with van der Waals surface area (Å²) in [6, 6.07) is 8.78. The number of benzene rings is 1. The highest BCUT2D eigenvalue weighted by Crippen LogP contribution is 2.40. The Bertz CT molecular complexity index is 1130. The lowest BCUT2D eigenvalue weighted by atomic mass is 10.0. The van der Waals surface area contributed by atoms with Crippen LogP contribution in [0.1, 0.15) is 38.5 Å². The van der Waals surface area contributed by atoms with Gasteiger partial charge in [-0.3, -0.25) is 4.79 Å². The third-order valence-electron chi connectivity index (χ3n) is 5.26. The van der Waals surface area contributed by atoms with Crippen LogP contribution in [0, 0.1) is 0 Å². The summed E-state index contributed by atoms with van der Waals surface area (Å²) in [6.45, 7) is 2.08. The third-order valence-corrected chi connectivity index (χ3v) is 7.15. The van der Waals surface area contributed by atoms with E-state index in [1.54, 1.807) is 29.5 Å². The molecule has 30 heavy (non-hydrogen) atoms. The largest absolute Gasteiger partial charge is 0.486 e. The molecule has 156 valence electrons. The van der Waals surface area contributed by atoms with E-state index in [9.17, 15) is 4.79 Å². The summed E-state index contributed by atoms with van der Waals surface area (Å²) < 4.78 is 11.6. The van der Waals surface area contributed by atoms with Crippen LogP contribution in [0.15, 0.2) is 34.7 Å². The first-order valence-corrected chi connectivity index (χ1v) is 11.1. The van der Waals surface area contributed by atoms with Gasteiger partial charge in [-0.05, 0) is 43.3 Å². The Balaban J connectivity index is 1.30. The number of amides is 1. The Labute approximate surface area is 187 Å². The number of anilines is 1. The second-order valence-electron chi connectivity index (χ2n) is 7.42. The van der Waals surface area contributed by atoms with E-state index in [1.807, 2.05) is 12.1 Å². The Kier molecular flexibility index (Phi) is 5.14. The zero-order chi connectivity index (χ0) is 20.8. The predicted molar refractivity (Wildman–Crippen MR) is 118 cm³/mol.